The van der Waals surface area contributed by atoms with E-state index in [1.54, 1.807) is 0 Å². The van der Waals surface area contributed by atoms with Crippen molar-refractivity contribution in [1.82, 2.24) is 0 Å². The number of fused-ring (bicyclic) bond motifs is 9. The van der Waals surface area contributed by atoms with Crippen LogP contribution in [0.2, 0.25) is 0 Å². The van der Waals surface area contributed by atoms with Crippen LogP contribution in [0, 0.1) is 5.92 Å². The number of allylic oxidation sites excluding steroid dienone is 3. The average molecular weight is 718 g/mol. The van der Waals surface area contributed by atoms with Crippen molar-refractivity contribution < 1.29 is 0 Å². The molecule has 0 bridgehead atoms. The molecule has 0 fully saturated rings. The minimum absolute atomic E-state index is 0.0818. The molecule has 0 heterocycles. The van der Waals surface area contributed by atoms with Gasteiger partial charge in [-0.25, -0.2) is 0 Å². The molecule has 1 nitrogen and oxygen atoms in total. The molecule has 0 spiro atoms. The van der Waals surface area contributed by atoms with Crippen molar-refractivity contribution in [3.63, 3.8) is 0 Å². The van der Waals surface area contributed by atoms with E-state index < -0.39 is 5.41 Å². The predicted octanol–water partition coefficient (Wildman–Crippen LogP) is 14.0. The van der Waals surface area contributed by atoms with E-state index in [1.807, 2.05) is 0 Å². The molecule has 3 aliphatic rings. The van der Waals surface area contributed by atoms with Crippen molar-refractivity contribution >= 4 is 32.9 Å². The van der Waals surface area contributed by atoms with Gasteiger partial charge >= 0.3 is 0 Å². The first-order valence-electron chi connectivity index (χ1n) is 20.1. The van der Waals surface area contributed by atoms with Crippen molar-refractivity contribution in [1.29, 1.82) is 0 Å². The SMILES string of the molecule is CC1C=C(N(c2ccc3c(c2)C(c2ccccc2)(c2ccccc2)c2ccccc2-3)c2cccc3ccc4ccccc4c23)C=C2C1c1ccccc1C2(C)C. The smallest absolute Gasteiger partial charge is 0.0714 e. The Balaban J connectivity index is 1.22. The van der Waals surface area contributed by atoms with Crippen LogP contribution in [0.5, 0.6) is 0 Å². The molecule has 11 rings (SSSR count). The summed E-state index contributed by atoms with van der Waals surface area (Å²) in [5, 5.41) is 5.03. The van der Waals surface area contributed by atoms with E-state index in [1.165, 1.54) is 83.0 Å². The molecular formula is C55H43N. The standard InChI is InChI=1S/C55H43N/c1-36-33-42(35-50-52(36)46-25-13-14-26-47(46)54(50,2)3)56(51-28-16-18-38-30-29-37-17-10-11-23-43(37)53(38)51)41-31-32-45-44-24-12-15-27-48(44)55(49(45)34-41,39-19-6-4-7-20-39)40-21-8-5-9-22-40/h4-36,52H,1-3H3. The molecule has 0 aromatic heterocycles. The number of hydrogen-bond donors (Lipinski definition) is 0. The Bertz CT molecular complexity index is 2870. The molecule has 268 valence electrons. The van der Waals surface area contributed by atoms with Gasteiger partial charge in [-0.1, -0.05) is 196 Å². The Labute approximate surface area is 329 Å². The lowest BCUT2D eigenvalue weighted by molar-refractivity contribution is 0.546. The molecule has 1 heteroatoms. The number of nitrogens with zero attached hydrogens (tertiary/aromatic N) is 1. The molecule has 0 radical (unpaired) electrons. The lowest BCUT2D eigenvalue weighted by Gasteiger charge is -2.37. The molecule has 0 saturated carbocycles. The molecule has 0 N–H and O–H groups in total. The molecule has 3 aliphatic carbocycles. The monoisotopic (exact) mass is 717 g/mol. The first kappa shape index (κ1) is 32.9. The summed E-state index contributed by atoms with van der Waals surface area (Å²) in [6.07, 6.45) is 5.08. The van der Waals surface area contributed by atoms with Crippen molar-refractivity contribution in [3.05, 3.63) is 239 Å². The Kier molecular flexibility index (Phi) is 7.23. The maximum atomic E-state index is 2.58. The number of anilines is 2. The molecule has 0 saturated heterocycles. The van der Waals surface area contributed by atoms with E-state index in [-0.39, 0.29) is 5.41 Å². The Morgan fingerprint density at radius 1 is 0.518 bits per heavy atom. The Morgan fingerprint density at radius 2 is 1.14 bits per heavy atom. The highest BCUT2D eigenvalue weighted by molar-refractivity contribution is 6.14. The van der Waals surface area contributed by atoms with E-state index in [0.29, 0.717) is 11.8 Å². The van der Waals surface area contributed by atoms with Crippen LogP contribution in [0.15, 0.2) is 205 Å². The second-order valence-corrected chi connectivity index (χ2v) is 16.5. The fourth-order valence-corrected chi connectivity index (χ4v) is 10.8. The van der Waals surface area contributed by atoms with Crippen molar-refractivity contribution in [2.24, 2.45) is 5.92 Å². The molecule has 8 aromatic carbocycles. The maximum Gasteiger partial charge on any atom is 0.0714 e. The zero-order valence-corrected chi connectivity index (χ0v) is 32.1. The second kappa shape index (κ2) is 12.3. The van der Waals surface area contributed by atoms with Crippen LogP contribution in [0.4, 0.5) is 11.4 Å². The second-order valence-electron chi connectivity index (χ2n) is 16.5. The van der Waals surface area contributed by atoms with Gasteiger partial charge in [0.25, 0.3) is 0 Å². The first-order valence-corrected chi connectivity index (χ1v) is 20.1. The summed E-state index contributed by atoms with van der Waals surface area (Å²) in [5.41, 5.74) is 15.2. The topological polar surface area (TPSA) is 3.24 Å². The quantitative estimate of drug-likeness (QED) is 0.160. The van der Waals surface area contributed by atoms with Gasteiger partial charge < -0.3 is 4.90 Å². The van der Waals surface area contributed by atoms with Gasteiger partial charge in [-0.3, -0.25) is 0 Å². The number of rotatable bonds is 5. The third kappa shape index (κ3) is 4.55. The van der Waals surface area contributed by atoms with Crippen molar-refractivity contribution in [3.8, 4) is 11.1 Å². The van der Waals surface area contributed by atoms with Crippen molar-refractivity contribution in [2.45, 2.75) is 37.5 Å². The van der Waals surface area contributed by atoms with Gasteiger partial charge in [0, 0.05) is 28.1 Å². The van der Waals surface area contributed by atoms with Gasteiger partial charge in [-0.15, -0.1) is 0 Å². The van der Waals surface area contributed by atoms with Gasteiger partial charge in [-0.05, 0) is 90.9 Å². The normalized spacial score (nSPS) is 18.4. The van der Waals surface area contributed by atoms with Crippen LogP contribution in [0.3, 0.4) is 0 Å². The lowest BCUT2D eigenvalue weighted by atomic mass is 9.67. The van der Waals surface area contributed by atoms with Crippen LogP contribution in [-0.4, -0.2) is 0 Å². The summed E-state index contributed by atoms with van der Waals surface area (Å²) in [5.74, 6) is 0.673. The number of benzene rings is 8. The minimum Gasteiger partial charge on any atom is -0.310 e. The van der Waals surface area contributed by atoms with E-state index in [9.17, 15) is 0 Å². The Morgan fingerprint density at radius 3 is 1.93 bits per heavy atom. The van der Waals surface area contributed by atoms with E-state index in [4.69, 9.17) is 0 Å². The summed E-state index contributed by atoms with van der Waals surface area (Å²) >= 11 is 0. The fourth-order valence-electron chi connectivity index (χ4n) is 10.8. The predicted molar refractivity (Wildman–Crippen MR) is 235 cm³/mol. The van der Waals surface area contributed by atoms with Gasteiger partial charge in [-0.2, -0.15) is 0 Å². The minimum atomic E-state index is -0.492. The Hall–Kier alpha value is -6.44. The zero-order chi connectivity index (χ0) is 37.6. The summed E-state index contributed by atoms with van der Waals surface area (Å²) in [6.45, 7) is 7.26. The molecule has 2 unspecified atom stereocenters. The summed E-state index contributed by atoms with van der Waals surface area (Å²) in [6, 6.07) is 68.0. The van der Waals surface area contributed by atoms with Gasteiger partial charge in [0.15, 0.2) is 0 Å². The fraction of sp³-hybridized carbons (Fsp3) is 0.127. The third-order valence-electron chi connectivity index (χ3n) is 13.2. The highest BCUT2D eigenvalue weighted by Crippen LogP contribution is 2.59. The lowest BCUT2D eigenvalue weighted by Crippen LogP contribution is -2.29. The highest BCUT2D eigenvalue weighted by atomic mass is 15.1. The summed E-state index contributed by atoms with van der Waals surface area (Å²) in [7, 11) is 0. The van der Waals surface area contributed by atoms with Crippen molar-refractivity contribution in [2.75, 3.05) is 4.90 Å². The molecule has 8 aromatic rings. The van der Waals surface area contributed by atoms with Gasteiger partial charge in [0.2, 0.25) is 0 Å². The van der Waals surface area contributed by atoms with Crippen LogP contribution >= 0.6 is 0 Å². The first-order chi connectivity index (χ1) is 27.5. The molecule has 56 heavy (non-hydrogen) atoms. The third-order valence-corrected chi connectivity index (χ3v) is 13.2. The zero-order valence-electron chi connectivity index (χ0n) is 32.1. The van der Waals surface area contributed by atoms with Crippen LogP contribution in [0.25, 0.3) is 32.7 Å². The molecule has 0 amide bonds. The van der Waals surface area contributed by atoms with Crippen LogP contribution < -0.4 is 4.90 Å². The largest absolute Gasteiger partial charge is 0.310 e. The summed E-state index contributed by atoms with van der Waals surface area (Å²) < 4.78 is 0. The summed E-state index contributed by atoms with van der Waals surface area (Å²) in [4.78, 5) is 2.58. The van der Waals surface area contributed by atoms with E-state index >= 15 is 0 Å². The van der Waals surface area contributed by atoms with Gasteiger partial charge in [0.05, 0.1) is 11.1 Å². The molecule has 2 atom stereocenters. The van der Waals surface area contributed by atoms with Gasteiger partial charge in [0.1, 0.15) is 0 Å². The molecule has 0 aliphatic heterocycles. The van der Waals surface area contributed by atoms with E-state index in [2.05, 4.69) is 220 Å². The average Bonchev–Trinajstić information content (AvgIpc) is 3.67. The van der Waals surface area contributed by atoms with Crippen LogP contribution in [-0.2, 0) is 10.8 Å². The molecular weight excluding hydrogens is 675 g/mol. The van der Waals surface area contributed by atoms with E-state index in [0.717, 1.165) is 5.69 Å². The number of hydrogen-bond acceptors (Lipinski definition) is 1. The highest BCUT2D eigenvalue weighted by Gasteiger charge is 2.47. The van der Waals surface area contributed by atoms with Crippen LogP contribution in [0.1, 0.15) is 60.1 Å². The maximum absolute atomic E-state index is 2.58.